The number of carbonyl (C=O) groups is 2. The summed E-state index contributed by atoms with van der Waals surface area (Å²) in [6.45, 7) is 1.95. The summed E-state index contributed by atoms with van der Waals surface area (Å²) in [5, 5.41) is 13.1. The Labute approximate surface area is 220 Å². The molecule has 7 heteroatoms. The third-order valence-electron chi connectivity index (χ3n) is 7.14. The highest BCUT2D eigenvalue weighted by molar-refractivity contribution is 6.30. The van der Waals surface area contributed by atoms with Crippen LogP contribution in [0.4, 0.5) is 0 Å². The van der Waals surface area contributed by atoms with Crippen molar-refractivity contribution in [1.82, 2.24) is 15.3 Å². The molecule has 1 aliphatic rings. The van der Waals surface area contributed by atoms with Gasteiger partial charge in [0, 0.05) is 16.1 Å². The van der Waals surface area contributed by atoms with Gasteiger partial charge in [-0.15, -0.1) is 0 Å². The van der Waals surface area contributed by atoms with Gasteiger partial charge in [0.2, 0.25) is 0 Å². The molecule has 1 aromatic heterocycles. The van der Waals surface area contributed by atoms with Gasteiger partial charge in [-0.3, -0.25) is 9.59 Å². The van der Waals surface area contributed by atoms with Crippen molar-refractivity contribution in [1.29, 1.82) is 0 Å². The van der Waals surface area contributed by atoms with Gasteiger partial charge in [0.05, 0.1) is 34.4 Å². The van der Waals surface area contributed by atoms with Crippen LogP contribution < -0.4 is 5.32 Å². The summed E-state index contributed by atoms with van der Waals surface area (Å²) in [6, 6.07) is 22.5. The first-order valence-electron chi connectivity index (χ1n) is 12.5. The third kappa shape index (κ3) is 5.65. The van der Waals surface area contributed by atoms with Gasteiger partial charge in [-0.25, -0.2) is 9.97 Å². The van der Waals surface area contributed by atoms with Crippen LogP contribution in [0.5, 0.6) is 0 Å². The number of amides is 1. The van der Waals surface area contributed by atoms with Crippen molar-refractivity contribution in [3.8, 4) is 11.3 Å². The largest absolute Gasteiger partial charge is 0.481 e. The third-order valence-corrected chi connectivity index (χ3v) is 7.39. The molecule has 2 unspecified atom stereocenters. The number of fused-ring (bicyclic) bond motifs is 1. The number of carboxylic acids is 1. The van der Waals surface area contributed by atoms with Crippen molar-refractivity contribution in [2.75, 3.05) is 0 Å². The van der Waals surface area contributed by atoms with Crippen molar-refractivity contribution in [3.63, 3.8) is 0 Å². The molecule has 0 spiro atoms. The van der Waals surface area contributed by atoms with Crippen molar-refractivity contribution >= 4 is 34.5 Å². The van der Waals surface area contributed by atoms with Crippen LogP contribution in [0.25, 0.3) is 22.3 Å². The molecule has 37 heavy (non-hydrogen) atoms. The van der Waals surface area contributed by atoms with Gasteiger partial charge in [-0.1, -0.05) is 54.1 Å². The van der Waals surface area contributed by atoms with Gasteiger partial charge >= 0.3 is 5.97 Å². The fourth-order valence-electron chi connectivity index (χ4n) is 5.08. The highest BCUT2D eigenvalue weighted by atomic mass is 35.5. The molecule has 0 aliphatic heterocycles. The Bertz CT molecular complexity index is 1440. The van der Waals surface area contributed by atoms with E-state index >= 15 is 0 Å². The molecule has 3 aromatic carbocycles. The average molecular weight is 514 g/mol. The summed E-state index contributed by atoms with van der Waals surface area (Å²) >= 11 is 6.11. The number of nitrogens with zero attached hydrogens (tertiary/aromatic N) is 2. The van der Waals surface area contributed by atoms with Crippen molar-refractivity contribution in [2.24, 2.45) is 11.8 Å². The van der Waals surface area contributed by atoms with Crippen LogP contribution in [-0.4, -0.2) is 27.0 Å². The molecule has 1 aliphatic carbocycles. The number of aliphatic carboxylic acids is 1. The zero-order chi connectivity index (χ0) is 25.9. The molecule has 2 N–H and O–H groups in total. The molecule has 6 nitrogen and oxygen atoms in total. The zero-order valence-electron chi connectivity index (χ0n) is 20.5. The number of nitrogens with one attached hydrogen (secondary N) is 1. The topological polar surface area (TPSA) is 92.2 Å². The summed E-state index contributed by atoms with van der Waals surface area (Å²) < 4.78 is 0. The molecular weight excluding hydrogens is 486 g/mol. The zero-order valence-corrected chi connectivity index (χ0v) is 21.3. The minimum Gasteiger partial charge on any atom is -0.481 e. The Kier molecular flexibility index (Phi) is 7.19. The van der Waals surface area contributed by atoms with E-state index in [1.54, 1.807) is 12.1 Å². The summed E-state index contributed by atoms with van der Waals surface area (Å²) in [6.07, 6.45) is 2.79. The summed E-state index contributed by atoms with van der Waals surface area (Å²) in [5.41, 5.74) is 5.35. The van der Waals surface area contributed by atoms with E-state index in [9.17, 15) is 14.7 Å². The molecule has 188 valence electrons. The van der Waals surface area contributed by atoms with Gasteiger partial charge in [0.1, 0.15) is 0 Å². The Morgan fingerprint density at radius 3 is 2.46 bits per heavy atom. The summed E-state index contributed by atoms with van der Waals surface area (Å²) in [4.78, 5) is 34.4. The standard InChI is InChI=1S/C30H28ClN3O3/c1-18(20-5-3-2-4-6-20)32-29(35)22-11-14-25-26(17-22)33-27(16-19-7-8-23(15-19)30(36)37)28(34-25)21-9-12-24(31)13-10-21/h2-6,9-14,17-19,23H,7-8,15-16H2,1H3,(H,32,35)(H,36,37)/t18-,19?,23?/m0/s1. The Morgan fingerprint density at radius 1 is 1.00 bits per heavy atom. The molecule has 0 radical (unpaired) electrons. The monoisotopic (exact) mass is 513 g/mol. The van der Waals surface area contributed by atoms with Gasteiger partial charge < -0.3 is 10.4 Å². The van der Waals surface area contributed by atoms with Gasteiger partial charge in [-0.2, -0.15) is 0 Å². The summed E-state index contributed by atoms with van der Waals surface area (Å²) in [7, 11) is 0. The van der Waals surface area contributed by atoms with Gasteiger partial charge in [0.15, 0.2) is 0 Å². The smallest absolute Gasteiger partial charge is 0.306 e. The Hall–Kier alpha value is -3.77. The van der Waals surface area contributed by atoms with E-state index in [2.05, 4.69) is 5.32 Å². The van der Waals surface area contributed by atoms with Crippen LogP contribution in [-0.2, 0) is 11.2 Å². The predicted octanol–water partition coefficient (Wildman–Crippen LogP) is 6.48. The van der Waals surface area contributed by atoms with E-state index in [1.165, 1.54) is 0 Å². The van der Waals surface area contributed by atoms with Gasteiger partial charge in [0.25, 0.3) is 5.91 Å². The molecule has 4 aromatic rings. The number of halogens is 1. The molecule has 3 atom stereocenters. The lowest BCUT2D eigenvalue weighted by atomic mass is 9.96. The van der Waals surface area contributed by atoms with Crippen LogP contribution in [0.15, 0.2) is 72.8 Å². The molecule has 0 saturated heterocycles. The van der Waals surface area contributed by atoms with Crippen LogP contribution >= 0.6 is 11.6 Å². The Balaban J connectivity index is 1.47. The molecule has 5 rings (SSSR count). The fourth-order valence-corrected chi connectivity index (χ4v) is 5.20. The second kappa shape index (κ2) is 10.7. The summed E-state index contributed by atoms with van der Waals surface area (Å²) in [5.74, 6) is -0.995. The van der Waals surface area contributed by atoms with Crippen LogP contribution in [0.2, 0.25) is 5.02 Å². The quantitative estimate of drug-likeness (QED) is 0.295. The highest BCUT2D eigenvalue weighted by Gasteiger charge is 2.31. The van der Waals surface area contributed by atoms with E-state index in [1.807, 2.05) is 67.6 Å². The maximum atomic E-state index is 13.0. The lowest BCUT2D eigenvalue weighted by Crippen LogP contribution is -2.26. The molecule has 1 saturated carbocycles. The molecule has 1 amide bonds. The van der Waals surface area contributed by atoms with Crippen LogP contribution in [0.1, 0.15) is 53.8 Å². The van der Waals surface area contributed by atoms with E-state index < -0.39 is 5.97 Å². The molecule has 1 heterocycles. The van der Waals surface area contributed by atoms with Crippen LogP contribution in [0.3, 0.4) is 0 Å². The lowest BCUT2D eigenvalue weighted by molar-refractivity contribution is -0.141. The first-order valence-corrected chi connectivity index (χ1v) is 12.9. The number of rotatable bonds is 7. The number of carbonyl (C=O) groups excluding carboxylic acids is 1. The van der Waals surface area contributed by atoms with E-state index in [0.717, 1.165) is 28.9 Å². The minimum atomic E-state index is -0.731. The Morgan fingerprint density at radius 2 is 1.76 bits per heavy atom. The second-order valence-corrected chi connectivity index (χ2v) is 10.2. The molecule has 1 fully saturated rings. The normalized spacial score (nSPS) is 18.0. The van der Waals surface area contributed by atoms with Crippen LogP contribution in [0, 0.1) is 11.8 Å². The first kappa shape index (κ1) is 24.9. The number of carboxylic acid groups (broad SMARTS) is 1. The average Bonchev–Trinajstić information content (AvgIpc) is 3.38. The van der Waals surface area contributed by atoms with E-state index in [0.29, 0.717) is 40.9 Å². The number of hydrogen-bond acceptors (Lipinski definition) is 4. The maximum absolute atomic E-state index is 13.0. The van der Waals surface area contributed by atoms with Crippen molar-refractivity contribution in [3.05, 3.63) is 94.6 Å². The SMILES string of the molecule is C[C@H](NC(=O)c1ccc2nc(-c3ccc(Cl)cc3)c(CC3CCC(C(=O)O)C3)nc2c1)c1ccccc1. The first-order chi connectivity index (χ1) is 17.9. The van der Waals surface area contributed by atoms with E-state index in [4.69, 9.17) is 21.6 Å². The molecule has 0 bridgehead atoms. The van der Waals surface area contributed by atoms with E-state index in [-0.39, 0.29) is 23.8 Å². The number of benzene rings is 3. The predicted molar refractivity (Wildman–Crippen MR) is 144 cm³/mol. The van der Waals surface area contributed by atoms with Crippen molar-refractivity contribution < 1.29 is 14.7 Å². The number of hydrogen-bond donors (Lipinski definition) is 2. The highest BCUT2D eigenvalue weighted by Crippen LogP contribution is 2.35. The second-order valence-electron chi connectivity index (χ2n) is 9.75. The fraction of sp³-hybridized carbons (Fsp3) is 0.267. The minimum absolute atomic E-state index is 0.136. The maximum Gasteiger partial charge on any atom is 0.306 e. The number of aromatic nitrogens is 2. The van der Waals surface area contributed by atoms with Crippen molar-refractivity contribution in [2.45, 2.75) is 38.6 Å². The lowest BCUT2D eigenvalue weighted by Gasteiger charge is -2.16. The van der Waals surface area contributed by atoms with Gasteiger partial charge in [-0.05, 0) is 74.4 Å². The molecular formula is C30H28ClN3O3.